The Labute approximate surface area is 90.5 Å². The average Bonchev–Trinajstić information content (AvgIpc) is 2.26. The van der Waals surface area contributed by atoms with Crippen LogP contribution in [0, 0.1) is 28.1 Å². The summed E-state index contributed by atoms with van der Waals surface area (Å²) in [4.78, 5) is 0. The van der Waals surface area contributed by atoms with Crippen molar-refractivity contribution < 1.29 is 0 Å². The molecule has 0 aliphatic heterocycles. The van der Waals surface area contributed by atoms with E-state index >= 15 is 0 Å². The van der Waals surface area contributed by atoms with Crippen molar-refractivity contribution in [1.82, 2.24) is 0 Å². The third-order valence-corrected chi connectivity index (χ3v) is 3.82. The molecule has 0 heteroatoms. The molecular weight excluding hydrogens is 168 g/mol. The zero-order chi connectivity index (χ0) is 11.4. The van der Waals surface area contributed by atoms with Gasteiger partial charge in [-0.2, -0.15) is 0 Å². The Morgan fingerprint density at radius 3 is 1.57 bits per heavy atom. The van der Waals surface area contributed by atoms with E-state index in [1.807, 2.05) is 0 Å². The molecule has 1 saturated carbocycles. The monoisotopic (exact) mass is 196 g/mol. The molecule has 0 amide bonds. The van der Waals surface area contributed by atoms with Gasteiger partial charge in [-0.05, 0) is 34.5 Å². The maximum atomic E-state index is 2.44. The van der Waals surface area contributed by atoms with Crippen LogP contribution in [0.1, 0.15) is 61.8 Å². The van der Waals surface area contributed by atoms with Crippen LogP contribution in [-0.2, 0) is 0 Å². The summed E-state index contributed by atoms with van der Waals surface area (Å²) >= 11 is 0. The number of hydrogen-bond acceptors (Lipinski definition) is 0. The van der Waals surface area contributed by atoms with E-state index in [4.69, 9.17) is 0 Å². The predicted molar refractivity (Wildman–Crippen MR) is 64.3 cm³/mol. The first-order valence-corrected chi connectivity index (χ1v) is 5.96. The van der Waals surface area contributed by atoms with E-state index in [9.17, 15) is 0 Å². The third-order valence-electron chi connectivity index (χ3n) is 3.82. The molecule has 0 spiro atoms. The fourth-order valence-electron chi connectivity index (χ4n) is 3.50. The molecular formula is C14H28. The Morgan fingerprint density at radius 1 is 0.929 bits per heavy atom. The minimum Gasteiger partial charge on any atom is -0.0602 e. The van der Waals surface area contributed by atoms with Crippen LogP contribution in [0.25, 0.3) is 0 Å². The van der Waals surface area contributed by atoms with Gasteiger partial charge in [0.2, 0.25) is 0 Å². The normalized spacial score (nSPS) is 31.7. The highest BCUT2D eigenvalue weighted by Crippen LogP contribution is 2.68. The second-order valence-corrected chi connectivity index (χ2v) is 8.04. The van der Waals surface area contributed by atoms with Crippen LogP contribution in [0.5, 0.6) is 0 Å². The molecule has 0 aromatic heterocycles. The summed E-state index contributed by atoms with van der Waals surface area (Å²) in [6.45, 7) is 19.1. The van der Waals surface area contributed by atoms with Crippen molar-refractivity contribution in [3.8, 4) is 0 Å². The van der Waals surface area contributed by atoms with Gasteiger partial charge in [0.25, 0.3) is 0 Å². The SMILES string of the molecule is CC(C)(C)CC1C(C(C)(C)C)C1(C)C. The molecule has 0 heterocycles. The van der Waals surface area contributed by atoms with Crippen molar-refractivity contribution >= 4 is 0 Å². The lowest BCUT2D eigenvalue weighted by molar-refractivity contribution is 0.279. The fraction of sp³-hybridized carbons (Fsp3) is 1.00. The molecule has 0 aromatic carbocycles. The van der Waals surface area contributed by atoms with Crippen LogP contribution in [-0.4, -0.2) is 0 Å². The van der Waals surface area contributed by atoms with Crippen LogP contribution < -0.4 is 0 Å². The Bertz CT molecular complexity index is 209. The van der Waals surface area contributed by atoms with Crippen molar-refractivity contribution in [2.24, 2.45) is 28.1 Å². The average molecular weight is 196 g/mol. The molecule has 1 rings (SSSR count). The van der Waals surface area contributed by atoms with Crippen molar-refractivity contribution in [1.29, 1.82) is 0 Å². The molecule has 84 valence electrons. The molecule has 0 aromatic rings. The molecule has 2 atom stereocenters. The standard InChI is InChI=1S/C14H28/c1-12(2,3)9-10-11(13(4,5)6)14(10,7)8/h10-11H,9H2,1-8H3. The van der Waals surface area contributed by atoms with E-state index in [1.54, 1.807) is 0 Å². The Hall–Kier alpha value is 0. The molecule has 0 radical (unpaired) electrons. The molecule has 1 fully saturated rings. The summed E-state index contributed by atoms with van der Waals surface area (Å²) < 4.78 is 0. The van der Waals surface area contributed by atoms with Crippen molar-refractivity contribution in [3.05, 3.63) is 0 Å². The number of rotatable bonds is 1. The maximum Gasteiger partial charge on any atom is -0.0277 e. The Kier molecular flexibility index (Phi) is 2.58. The highest BCUT2D eigenvalue weighted by atomic mass is 14.7. The lowest BCUT2D eigenvalue weighted by atomic mass is 9.83. The minimum absolute atomic E-state index is 0.486. The second kappa shape index (κ2) is 3.00. The van der Waals surface area contributed by atoms with E-state index in [0.29, 0.717) is 16.2 Å². The molecule has 0 nitrogen and oxygen atoms in total. The van der Waals surface area contributed by atoms with Gasteiger partial charge >= 0.3 is 0 Å². The van der Waals surface area contributed by atoms with E-state index < -0.39 is 0 Å². The van der Waals surface area contributed by atoms with Gasteiger partial charge in [-0.15, -0.1) is 0 Å². The molecule has 1 aliphatic rings. The highest BCUT2D eigenvalue weighted by Gasteiger charge is 2.62. The number of hydrogen-bond donors (Lipinski definition) is 0. The van der Waals surface area contributed by atoms with Crippen LogP contribution in [0.15, 0.2) is 0 Å². The summed E-state index contributed by atoms with van der Waals surface area (Å²) in [5.74, 6) is 1.84. The molecule has 14 heavy (non-hydrogen) atoms. The van der Waals surface area contributed by atoms with Gasteiger partial charge in [0.05, 0.1) is 0 Å². The summed E-state index contributed by atoms with van der Waals surface area (Å²) in [5, 5.41) is 0. The van der Waals surface area contributed by atoms with Crippen molar-refractivity contribution in [3.63, 3.8) is 0 Å². The fourth-order valence-corrected chi connectivity index (χ4v) is 3.50. The van der Waals surface area contributed by atoms with Gasteiger partial charge in [0.1, 0.15) is 0 Å². The van der Waals surface area contributed by atoms with Gasteiger partial charge in [0, 0.05) is 0 Å². The molecule has 2 unspecified atom stereocenters. The van der Waals surface area contributed by atoms with Gasteiger partial charge in [-0.25, -0.2) is 0 Å². The van der Waals surface area contributed by atoms with E-state index in [2.05, 4.69) is 55.4 Å². The molecule has 0 bridgehead atoms. The zero-order valence-electron chi connectivity index (χ0n) is 11.4. The lowest BCUT2D eigenvalue weighted by Gasteiger charge is -2.22. The highest BCUT2D eigenvalue weighted by molar-refractivity contribution is 5.10. The Morgan fingerprint density at radius 2 is 1.36 bits per heavy atom. The quantitative estimate of drug-likeness (QED) is 0.568. The molecule has 0 saturated heterocycles. The Balaban J connectivity index is 2.68. The van der Waals surface area contributed by atoms with Crippen molar-refractivity contribution in [2.75, 3.05) is 0 Å². The van der Waals surface area contributed by atoms with Crippen LogP contribution in [0.3, 0.4) is 0 Å². The van der Waals surface area contributed by atoms with E-state index in [1.165, 1.54) is 6.42 Å². The van der Waals surface area contributed by atoms with Gasteiger partial charge in [-0.1, -0.05) is 55.4 Å². The summed E-state index contributed by atoms with van der Waals surface area (Å²) in [5.41, 5.74) is 1.55. The largest absolute Gasteiger partial charge is 0.0602 e. The minimum atomic E-state index is 0.486. The molecule has 1 aliphatic carbocycles. The zero-order valence-corrected chi connectivity index (χ0v) is 11.4. The maximum absolute atomic E-state index is 2.44. The van der Waals surface area contributed by atoms with Crippen LogP contribution in [0.2, 0.25) is 0 Å². The third kappa shape index (κ3) is 2.32. The topological polar surface area (TPSA) is 0 Å². The van der Waals surface area contributed by atoms with Crippen LogP contribution in [0.4, 0.5) is 0 Å². The first-order valence-electron chi connectivity index (χ1n) is 5.96. The summed E-state index contributed by atoms with van der Waals surface area (Å²) in [7, 11) is 0. The molecule has 0 N–H and O–H groups in total. The first-order chi connectivity index (χ1) is 5.96. The first kappa shape index (κ1) is 12.1. The lowest BCUT2D eigenvalue weighted by Crippen LogP contribution is -2.13. The van der Waals surface area contributed by atoms with Gasteiger partial charge in [-0.3, -0.25) is 0 Å². The van der Waals surface area contributed by atoms with Gasteiger partial charge in [0.15, 0.2) is 0 Å². The smallest absolute Gasteiger partial charge is 0.0277 e. The summed E-state index contributed by atoms with van der Waals surface area (Å²) in [6.07, 6.45) is 1.38. The van der Waals surface area contributed by atoms with Crippen LogP contribution >= 0.6 is 0 Å². The summed E-state index contributed by atoms with van der Waals surface area (Å²) in [6, 6.07) is 0. The van der Waals surface area contributed by atoms with Gasteiger partial charge < -0.3 is 0 Å². The van der Waals surface area contributed by atoms with Crippen molar-refractivity contribution in [2.45, 2.75) is 61.8 Å². The van der Waals surface area contributed by atoms with E-state index in [0.717, 1.165) is 11.8 Å². The predicted octanol–water partition coefficient (Wildman–Crippen LogP) is 4.74. The van der Waals surface area contributed by atoms with E-state index in [-0.39, 0.29) is 0 Å². The second-order valence-electron chi connectivity index (χ2n) is 8.04.